The number of hydrogen-bond donors (Lipinski definition) is 1. The number of halogens is 4. The van der Waals surface area contributed by atoms with E-state index >= 15 is 0 Å². The van der Waals surface area contributed by atoms with Gasteiger partial charge in [0, 0.05) is 11.3 Å². The van der Waals surface area contributed by atoms with Crippen LogP contribution in [0.1, 0.15) is 11.3 Å². The predicted octanol–water partition coefficient (Wildman–Crippen LogP) is 2.42. The average Bonchev–Trinajstić information content (AvgIpc) is 2.36. The summed E-state index contributed by atoms with van der Waals surface area (Å²) in [5.41, 5.74) is -2.79. The van der Waals surface area contributed by atoms with Gasteiger partial charge >= 0.3 is 6.98 Å². The van der Waals surface area contributed by atoms with Crippen molar-refractivity contribution in [2.45, 2.75) is 6.92 Å². The third kappa shape index (κ3) is 2.82. The molecule has 1 aromatic heterocycles. The zero-order chi connectivity index (χ0) is 15.8. The Morgan fingerprint density at radius 3 is 2.43 bits per heavy atom. The van der Waals surface area contributed by atoms with Crippen molar-refractivity contribution in [2.75, 3.05) is 0 Å². The number of nitrogens with zero attached hydrogens (tertiary/aromatic N) is 1. The van der Waals surface area contributed by atoms with Crippen molar-refractivity contribution in [3.8, 4) is 17.2 Å². The summed E-state index contributed by atoms with van der Waals surface area (Å²) in [5.74, 6) is -0.879. The first kappa shape index (κ1) is 14.8. The molecule has 0 aliphatic carbocycles. The minimum Gasteiger partial charge on any atom is -0.445 e. The molecule has 0 fully saturated rings. The number of pyridine rings is 1. The Balaban J connectivity index is 2.88. The highest BCUT2D eigenvalue weighted by molar-refractivity contribution is 6.75. The molecule has 0 saturated heterocycles. The fraction of sp³-hybridized carbons (Fsp3) is 0.0769. The van der Waals surface area contributed by atoms with Crippen molar-refractivity contribution in [1.82, 2.24) is 4.98 Å². The molecule has 0 aliphatic heterocycles. The summed E-state index contributed by atoms with van der Waals surface area (Å²) in [5, 5.41) is 8.97. The van der Waals surface area contributed by atoms with Gasteiger partial charge in [0.2, 0.25) is 0 Å². The molecule has 0 aliphatic rings. The van der Waals surface area contributed by atoms with E-state index in [4.69, 9.17) is 5.26 Å². The highest BCUT2D eigenvalue weighted by Gasteiger charge is 2.30. The van der Waals surface area contributed by atoms with Gasteiger partial charge in [-0.2, -0.15) is 5.26 Å². The molecule has 1 N–H and O–H groups in total. The summed E-state index contributed by atoms with van der Waals surface area (Å²) in [6.45, 7) is -3.95. The SMILES string of the molecule is Cc1cc(-c2cc(F)ccc2[B-](F)(F)F)c(C#N)c(=O)[nH]1. The maximum absolute atomic E-state index is 13.3. The first-order valence-corrected chi connectivity index (χ1v) is 5.88. The molecule has 0 saturated carbocycles. The number of benzene rings is 1. The number of nitriles is 1. The molecular weight excluding hydrogens is 287 g/mol. The molecule has 1 heterocycles. The van der Waals surface area contributed by atoms with Gasteiger partial charge in [-0.25, -0.2) is 4.39 Å². The summed E-state index contributed by atoms with van der Waals surface area (Å²) in [4.78, 5) is 14.0. The Bertz CT molecular complexity index is 805. The van der Waals surface area contributed by atoms with E-state index in [-0.39, 0.29) is 11.3 Å². The largest absolute Gasteiger partial charge is 0.510 e. The molecule has 0 radical (unpaired) electrons. The van der Waals surface area contributed by atoms with E-state index in [0.717, 1.165) is 0 Å². The summed E-state index contributed by atoms with van der Waals surface area (Å²) in [6, 6.07) is 4.77. The zero-order valence-electron chi connectivity index (χ0n) is 10.8. The number of hydrogen-bond acceptors (Lipinski definition) is 2. The first-order chi connectivity index (χ1) is 9.74. The Hall–Kier alpha value is -2.56. The molecule has 108 valence electrons. The molecule has 2 aromatic rings. The Kier molecular flexibility index (Phi) is 3.60. The van der Waals surface area contributed by atoms with E-state index in [1.807, 2.05) is 0 Å². The smallest absolute Gasteiger partial charge is 0.445 e. The van der Waals surface area contributed by atoms with Crippen LogP contribution in [0.25, 0.3) is 11.1 Å². The van der Waals surface area contributed by atoms with Crippen LogP contribution >= 0.6 is 0 Å². The maximum Gasteiger partial charge on any atom is 0.510 e. The van der Waals surface area contributed by atoms with E-state index in [0.29, 0.717) is 18.2 Å². The third-order valence-corrected chi connectivity index (χ3v) is 2.94. The highest BCUT2D eigenvalue weighted by Crippen LogP contribution is 2.25. The number of aromatic amines is 1. The second kappa shape index (κ2) is 5.09. The first-order valence-electron chi connectivity index (χ1n) is 5.88. The van der Waals surface area contributed by atoms with Crippen LogP contribution in [0.5, 0.6) is 0 Å². The van der Waals surface area contributed by atoms with Crippen molar-refractivity contribution in [3.63, 3.8) is 0 Å². The van der Waals surface area contributed by atoms with Gasteiger partial charge in [0.15, 0.2) is 0 Å². The summed E-state index contributed by atoms with van der Waals surface area (Å²) >= 11 is 0. The predicted molar refractivity (Wildman–Crippen MR) is 70.6 cm³/mol. The molecule has 0 amide bonds. The van der Waals surface area contributed by atoms with Crippen LogP contribution in [0.4, 0.5) is 17.3 Å². The van der Waals surface area contributed by atoms with E-state index in [9.17, 15) is 22.1 Å². The van der Waals surface area contributed by atoms with Crippen LogP contribution in [-0.4, -0.2) is 12.0 Å². The number of H-pyrrole nitrogens is 1. The van der Waals surface area contributed by atoms with Crippen LogP contribution in [0.3, 0.4) is 0 Å². The molecule has 8 heteroatoms. The Morgan fingerprint density at radius 1 is 1.19 bits per heavy atom. The molecule has 0 unspecified atom stereocenters. The van der Waals surface area contributed by atoms with Gasteiger partial charge in [0.05, 0.1) is 0 Å². The van der Waals surface area contributed by atoms with Gasteiger partial charge in [0.1, 0.15) is 17.4 Å². The molecule has 0 atom stereocenters. The van der Waals surface area contributed by atoms with Gasteiger partial charge in [-0.05, 0) is 30.7 Å². The molecular formula is C13H8BF4N2O-. The van der Waals surface area contributed by atoms with Gasteiger partial charge in [-0.1, -0.05) is 6.07 Å². The topological polar surface area (TPSA) is 56.6 Å². The molecule has 3 nitrogen and oxygen atoms in total. The normalized spacial score (nSPS) is 11.2. The van der Waals surface area contributed by atoms with E-state index in [1.165, 1.54) is 13.0 Å². The maximum atomic E-state index is 13.3. The van der Waals surface area contributed by atoms with Crippen LogP contribution in [0.15, 0.2) is 29.1 Å². The van der Waals surface area contributed by atoms with Gasteiger partial charge < -0.3 is 17.9 Å². The van der Waals surface area contributed by atoms with Gasteiger partial charge in [-0.3, -0.25) is 4.79 Å². The van der Waals surface area contributed by atoms with Crippen LogP contribution in [-0.2, 0) is 0 Å². The second-order valence-corrected chi connectivity index (χ2v) is 4.49. The van der Waals surface area contributed by atoms with Crippen LogP contribution in [0, 0.1) is 24.1 Å². The van der Waals surface area contributed by atoms with Crippen molar-refractivity contribution in [2.24, 2.45) is 0 Å². The highest BCUT2D eigenvalue weighted by atomic mass is 19.4. The lowest BCUT2D eigenvalue weighted by Gasteiger charge is -2.20. The molecule has 21 heavy (non-hydrogen) atoms. The minimum absolute atomic E-state index is 0.229. The zero-order valence-corrected chi connectivity index (χ0v) is 10.8. The fourth-order valence-electron chi connectivity index (χ4n) is 2.06. The Morgan fingerprint density at radius 2 is 1.86 bits per heavy atom. The summed E-state index contributed by atoms with van der Waals surface area (Å²) in [7, 11) is 0. The van der Waals surface area contributed by atoms with Crippen molar-refractivity contribution >= 4 is 12.4 Å². The number of aromatic nitrogens is 1. The second-order valence-electron chi connectivity index (χ2n) is 4.49. The van der Waals surface area contributed by atoms with Crippen LogP contribution < -0.4 is 11.0 Å². The summed E-state index contributed by atoms with van der Waals surface area (Å²) < 4.78 is 52.5. The lowest BCUT2D eigenvalue weighted by atomic mass is 9.74. The fourth-order valence-corrected chi connectivity index (χ4v) is 2.06. The van der Waals surface area contributed by atoms with Crippen molar-refractivity contribution < 1.29 is 17.3 Å². The Labute approximate surface area is 116 Å². The molecule has 2 rings (SSSR count). The number of aryl methyl sites for hydroxylation is 1. The minimum atomic E-state index is -5.41. The summed E-state index contributed by atoms with van der Waals surface area (Å²) in [6.07, 6.45) is 0. The van der Waals surface area contributed by atoms with Gasteiger partial charge in [0.25, 0.3) is 5.56 Å². The quantitative estimate of drug-likeness (QED) is 0.683. The lowest BCUT2D eigenvalue weighted by Crippen LogP contribution is -2.36. The van der Waals surface area contributed by atoms with Crippen molar-refractivity contribution in [3.05, 3.63) is 51.7 Å². The monoisotopic (exact) mass is 295 g/mol. The van der Waals surface area contributed by atoms with E-state index in [2.05, 4.69) is 4.98 Å². The van der Waals surface area contributed by atoms with Crippen LogP contribution in [0.2, 0.25) is 0 Å². The average molecular weight is 295 g/mol. The standard InChI is InChI=1S/C13H8BF4N2O/c1-7-4-9(11(6-19)13(21)20-7)10-5-8(15)2-3-12(10)14(16,17)18/h2-5H,1H3,(H,20,21)/q-1. The molecule has 0 bridgehead atoms. The third-order valence-electron chi connectivity index (χ3n) is 2.94. The lowest BCUT2D eigenvalue weighted by molar-refractivity contribution is 0.501. The number of rotatable bonds is 2. The van der Waals surface area contributed by atoms with E-state index in [1.54, 1.807) is 6.07 Å². The number of nitrogens with one attached hydrogen (secondary N) is 1. The molecule has 1 aromatic carbocycles. The van der Waals surface area contributed by atoms with E-state index < -0.39 is 34.9 Å². The van der Waals surface area contributed by atoms with Crippen molar-refractivity contribution in [1.29, 1.82) is 5.26 Å². The molecule has 0 spiro atoms. The van der Waals surface area contributed by atoms with Gasteiger partial charge in [-0.15, -0.1) is 5.46 Å².